The number of hydrogen-bond donors (Lipinski definition) is 3. The van der Waals surface area contributed by atoms with Gasteiger partial charge < -0.3 is 20.5 Å². The second-order valence-corrected chi connectivity index (χ2v) is 11.2. The van der Waals surface area contributed by atoms with Crippen LogP contribution in [0.25, 0.3) is 0 Å². The van der Waals surface area contributed by atoms with E-state index in [9.17, 15) is 9.36 Å². The molecule has 2 unspecified atom stereocenters. The monoisotopic (exact) mass is 510 g/mol. The fraction of sp³-hybridized carbons (Fsp3) is 0.706. The van der Waals surface area contributed by atoms with Gasteiger partial charge in [-0.25, -0.2) is 14.6 Å². The zero-order valence-corrected chi connectivity index (χ0v) is 20.2. The third-order valence-corrected chi connectivity index (χ3v) is 7.60. The Kier molecular flexibility index (Phi) is 6.25. The summed E-state index contributed by atoms with van der Waals surface area (Å²) in [6, 6.07) is -0.925. The summed E-state index contributed by atoms with van der Waals surface area (Å²) >= 11 is 13.1. The standard InChI is InChI=1S/C17H25Cl2N6O6P/c1-7(2)29-14(26)8(3)24-32(27)28-5-9-11(31-32)17(4,19)15(30-9)25-6-21-10-12(18)22-16(20)23-13(10)25/h6-9,11-12,15H,5H2,1-4H3,(H,24,27)(H3,20,22,23)/t8-,9-,11-,12?,15-,17-,32?/m1/s1. The zero-order valence-electron chi connectivity index (χ0n) is 17.8. The summed E-state index contributed by atoms with van der Waals surface area (Å²) in [5.41, 5.74) is 5.60. The van der Waals surface area contributed by atoms with Crippen LogP contribution in [0.2, 0.25) is 0 Å². The number of esters is 1. The minimum Gasteiger partial charge on any atom is -0.462 e. The Morgan fingerprint density at radius 1 is 1.50 bits per heavy atom. The Bertz CT molecular complexity index is 987. The van der Waals surface area contributed by atoms with E-state index in [4.69, 9.17) is 47.5 Å². The maximum Gasteiger partial charge on any atom is 0.406 e. The van der Waals surface area contributed by atoms with Gasteiger partial charge in [-0.3, -0.25) is 18.4 Å². The molecule has 4 heterocycles. The summed E-state index contributed by atoms with van der Waals surface area (Å²) in [6.07, 6.45) is -1.08. The van der Waals surface area contributed by atoms with Crippen molar-refractivity contribution in [2.24, 2.45) is 10.7 Å². The maximum absolute atomic E-state index is 13.2. The summed E-state index contributed by atoms with van der Waals surface area (Å²) in [5.74, 6) is -0.0611. The van der Waals surface area contributed by atoms with Crippen LogP contribution < -0.4 is 16.1 Å². The molecule has 1 aromatic rings. The average Bonchev–Trinajstić information content (AvgIpc) is 3.19. The molecule has 1 aromatic heterocycles. The Labute approximate surface area is 194 Å². The lowest BCUT2D eigenvalue weighted by atomic mass is 10.0. The molecule has 15 heteroatoms. The highest BCUT2D eigenvalue weighted by atomic mass is 35.5. The first kappa shape index (κ1) is 23.7. The lowest BCUT2D eigenvalue weighted by Crippen LogP contribution is -2.47. The number of nitrogens with zero attached hydrogens (tertiary/aromatic N) is 3. The van der Waals surface area contributed by atoms with Crippen LogP contribution in [0, 0.1) is 0 Å². The number of alkyl halides is 2. The molecular formula is C17H25Cl2N6O6P. The highest BCUT2D eigenvalue weighted by Crippen LogP contribution is 2.58. The van der Waals surface area contributed by atoms with Gasteiger partial charge in [0.1, 0.15) is 28.8 Å². The Hall–Kier alpha value is -1.40. The molecule has 0 aliphatic carbocycles. The van der Waals surface area contributed by atoms with Crippen molar-refractivity contribution < 1.29 is 27.9 Å². The normalized spacial score (nSPS) is 37.3. The van der Waals surface area contributed by atoms with Crippen molar-refractivity contribution in [2.75, 3.05) is 6.61 Å². The van der Waals surface area contributed by atoms with E-state index in [-0.39, 0.29) is 18.7 Å². The molecule has 0 amide bonds. The topological polar surface area (TPSA) is 151 Å². The van der Waals surface area contributed by atoms with E-state index in [0.717, 1.165) is 0 Å². The predicted molar refractivity (Wildman–Crippen MR) is 116 cm³/mol. The van der Waals surface area contributed by atoms with E-state index in [1.807, 2.05) is 0 Å². The highest BCUT2D eigenvalue weighted by Gasteiger charge is 2.60. The molecule has 0 radical (unpaired) electrons. The van der Waals surface area contributed by atoms with E-state index < -0.39 is 48.6 Å². The smallest absolute Gasteiger partial charge is 0.406 e. The SMILES string of the molecule is CC(C)OC(=O)[C@@H](C)NP1(=O)OC[C@H]2O[C@@H](n3cnc4c3N=C(N)NC4Cl)[C@](C)(Cl)[C@@H]2O1. The minimum absolute atomic E-state index is 0.0678. The van der Waals surface area contributed by atoms with Crippen LogP contribution in [0.1, 0.15) is 45.1 Å². The maximum atomic E-state index is 13.2. The first-order chi connectivity index (χ1) is 14.9. The van der Waals surface area contributed by atoms with Gasteiger partial charge >= 0.3 is 13.7 Å². The molecule has 0 spiro atoms. The molecule has 0 saturated carbocycles. The van der Waals surface area contributed by atoms with E-state index in [1.54, 1.807) is 25.3 Å². The number of nitrogens with one attached hydrogen (secondary N) is 2. The van der Waals surface area contributed by atoms with Gasteiger partial charge in [-0.15, -0.1) is 11.6 Å². The summed E-state index contributed by atoms with van der Waals surface area (Å²) in [5, 5.41) is 5.38. The van der Waals surface area contributed by atoms with Crippen LogP contribution in [0.3, 0.4) is 0 Å². The molecule has 7 atom stereocenters. The molecular weight excluding hydrogens is 486 g/mol. The number of aromatic nitrogens is 2. The van der Waals surface area contributed by atoms with E-state index in [1.165, 1.54) is 13.3 Å². The third kappa shape index (κ3) is 4.25. The number of ether oxygens (including phenoxy) is 2. The third-order valence-electron chi connectivity index (χ3n) is 5.19. The Balaban J connectivity index is 1.54. The van der Waals surface area contributed by atoms with E-state index in [0.29, 0.717) is 11.5 Å². The molecule has 4 N–H and O–H groups in total. The lowest BCUT2D eigenvalue weighted by Gasteiger charge is -2.36. The molecule has 3 aliphatic rings. The molecule has 12 nitrogen and oxygen atoms in total. The van der Waals surface area contributed by atoms with Gasteiger partial charge in [-0.1, -0.05) is 11.6 Å². The molecule has 0 bridgehead atoms. The van der Waals surface area contributed by atoms with Crippen molar-refractivity contribution in [1.29, 1.82) is 0 Å². The number of carbonyl (C=O) groups excluding carboxylic acids is 1. The first-order valence-electron chi connectivity index (χ1n) is 9.98. The van der Waals surface area contributed by atoms with Crippen molar-refractivity contribution in [3.8, 4) is 0 Å². The summed E-state index contributed by atoms with van der Waals surface area (Å²) in [6.45, 7) is 6.56. The van der Waals surface area contributed by atoms with Gasteiger partial charge in [0.15, 0.2) is 23.5 Å². The van der Waals surface area contributed by atoms with E-state index >= 15 is 0 Å². The number of carbonyl (C=O) groups is 1. The number of hydrogen-bond acceptors (Lipinski definition) is 10. The van der Waals surface area contributed by atoms with Crippen LogP contribution >= 0.6 is 30.9 Å². The van der Waals surface area contributed by atoms with Gasteiger partial charge in [0, 0.05) is 0 Å². The molecule has 32 heavy (non-hydrogen) atoms. The van der Waals surface area contributed by atoms with Crippen molar-refractivity contribution in [3.05, 3.63) is 12.0 Å². The number of nitrogens with two attached hydrogens (primary N) is 1. The first-order valence-corrected chi connectivity index (χ1v) is 12.3. The van der Waals surface area contributed by atoms with Crippen molar-refractivity contribution in [1.82, 2.24) is 20.0 Å². The lowest BCUT2D eigenvalue weighted by molar-refractivity contribution is -0.149. The van der Waals surface area contributed by atoms with Crippen LogP contribution in [-0.2, 0) is 27.9 Å². The van der Waals surface area contributed by atoms with Gasteiger partial charge in [-0.2, -0.15) is 4.99 Å². The molecule has 4 rings (SSSR count). The van der Waals surface area contributed by atoms with Crippen LogP contribution in [-0.4, -0.2) is 57.3 Å². The fourth-order valence-electron chi connectivity index (χ4n) is 3.73. The Morgan fingerprint density at radius 3 is 2.91 bits per heavy atom. The molecule has 3 aliphatic heterocycles. The molecule has 2 saturated heterocycles. The minimum atomic E-state index is -3.88. The molecule has 178 valence electrons. The van der Waals surface area contributed by atoms with Gasteiger partial charge in [0.2, 0.25) is 0 Å². The second kappa shape index (κ2) is 8.43. The van der Waals surface area contributed by atoms with Gasteiger partial charge in [0.05, 0.1) is 19.0 Å². The summed E-state index contributed by atoms with van der Waals surface area (Å²) in [7, 11) is -3.88. The zero-order chi connectivity index (χ0) is 23.4. The van der Waals surface area contributed by atoms with Crippen molar-refractivity contribution in [2.45, 2.75) is 68.7 Å². The molecule has 2 fully saturated rings. The van der Waals surface area contributed by atoms with Gasteiger partial charge in [-0.05, 0) is 27.7 Å². The number of rotatable bonds is 5. The molecule has 0 aromatic carbocycles. The predicted octanol–water partition coefficient (Wildman–Crippen LogP) is 2.02. The number of fused-ring (bicyclic) bond motifs is 2. The van der Waals surface area contributed by atoms with E-state index in [2.05, 4.69) is 20.4 Å². The highest BCUT2D eigenvalue weighted by molar-refractivity contribution is 7.51. The summed E-state index contributed by atoms with van der Waals surface area (Å²) in [4.78, 5) is 19.5. The largest absolute Gasteiger partial charge is 0.462 e. The second-order valence-electron chi connectivity index (χ2n) is 8.20. The number of halogens is 2. The number of aliphatic imine (C=N–C) groups is 1. The fourth-order valence-corrected chi connectivity index (χ4v) is 6.17. The number of guanidine groups is 1. The average molecular weight is 511 g/mol. The van der Waals surface area contributed by atoms with Crippen molar-refractivity contribution >= 4 is 48.7 Å². The van der Waals surface area contributed by atoms with Crippen LogP contribution in [0.15, 0.2) is 11.3 Å². The van der Waals surface area contributed by atoms with Crippen molar-refractivity contribution in [3.63, 3.8) is 0 Å². The van der Waals surface area contributed by atoms with Gasteiger partial charge in [0.25, 0.3) is 0 Å². The quantitative estimate of drug-likeness (QED) is 0.232. The Morgan fingerprint density at radius 2 is 2.22 bits per heavy atom. The van der Waals surface area contributed by atoms with Crippen LogP contribution in [0.4, 0.5) is 5.82 Å². The number of imidazole rings is 1. The summed E-state index contributed by atoms with van der Waals surface area (Å²) < 4.78 is 37.3. The van der Waals surface area contributed by atoms with Crippen LogP contribution in [0.5, 0.6) is 0 Å².